The van der Waals surface area contributed by atoms with Crippen molar-refractivity contribution in [3.05, 3.63) is 29.8 Å². The van der Waals surface area contributed by atoms with Crippen LogP contribution in [0.5, 0.6) is 5.75 Å². The van der Waals surface area contributed by atoms with Crippen molar-refractivity contribution in [2.24, 2.45) is 4.99 Å². The van der Waals surface area contributed by atoms with Gasteiger partial charge in [0.05, 0.1) is 19.8 Å². The topological polar surface area (TPSA) is 75.1 Å². The molecule has 0 bridgehead atoms. The van der Waals surface area contributed by atoms with Crippen LogP contribution in [0, 0.1) is 0 Å². The molecule has 1 atom stereocenters. The highest BCUT2D eigenvalue weighted by Crippen LogP contribution is 2.11. The third-order valence-electron chi connectivity index (χ3n) is 3.11. The summed E-state index contributed by atoms with van der Waals surface area (Å²) in [4.78, 5) is 4.54. The Kier molecular flexibility index (Phi) is 9.83. The Morgan fingerprint density at radius 2 is 2.00 bits per heavy atom. The van der Waals surface area contributed by atoms with E-state index in [1.807, 2.05) is 31.2 Å². The summed E-state index contributed by atoms with van der Waals surface area (Å²) in [6, 6.07) is 7.82. The number of aliphatic hydroxyl groups is 1. The fourth-order valence-electron chi connectivity index (χ4n) is 1.85. The summed E-state index contributed by atoms with van der Waals surface area (Å²) in [5.74, 6) is 1.53. The molecule has 0 aliphatic heterocycles. The summed E-state index contributed by atoms with van der Waals surface area (Å²) in [6.45, 7) is 6.98. The highest BCUT2D eigenvalue weighted by Gasteiger charge is 2.01. The van der Waals surface area contributed by atoms with Gasteiger partial charge in [-0.05, 0) is 38.0 Å². The Labute approximate surface area is 138 Å². The van der Waals surface area contributed by atoms with E-state index in [1.165, 1.54) is 0 Å². The first kappa shape index (κ1) is 19.3. The largest absolute Gasteiger partial charge is 0.497 e. The maximum Gasteiger partial charge on any atom is 0.191 e. The lowest BCUT2D eigenvalue weighted by Gasteiger charge is -2.14. The van der Waals surface area contributed by atoms with Crippen LogP contribution in [0.2, 0.25) is 0 Å². The lowest BCUT2D eigenvalue weighted by Crippen LogP contribution is -2.41. The van der Waals surface area contributed by atoms with Gasteiger partial charge in [-0.2, -0.15) is 0 Å². The predicted octanol–water partition coefficient (Wildman–Crippen LogP) is 1.54. The standard InChI is InChI=1S/C17H29N3O3/c1-4-23-11-5-10-18-17(19-12-14(2)21)20-13-15-6-8-16(22-3)9-7-15/h6-9,14,21H,4-5,10-13H2,1-3H3,(H2,18,19,20). The third-order valence-corrected chi connectivity index (χ3v) is 3.11. The monoisotopic (exact) mass is 323 g/mol. The number of guanidine groups is 1. The molecule has 0 spiro atoms. The van der Waals surface area contributed by atoms with E-state index < -0.39 is 6.10 Å². The van der Waals surface area contributed by atoms with Gasteiger partial charge < -0.3 is 25.2 Å². The number of nitrogens with one attached hydrogen (secondary N) is 2. The van der Waals surface area contributed by atoms with Crippen molar-refractivity contribution in [2.75, 3.05) is 33.4 Å². The summed E-state index contributed by atoms with van der Waals surface area (Å²) in [5, 5.41) is 15.8. The molecule has 6 nitrogen and oxygen atoms in total. The van der Waals surface area contributed by atoms with Crippen LogP contribution in [-0.4, -0.2) is 50.6 Å². The molecule has 1 unspecified atom stereocenters. The zero-order valence-corrected chi connectivity index (χ0v) is 14.3. The van der Waals surface area contributed by atoms with Gasteiger partial charge in [-0.1, -0.05) is 12.1 Å². The molecule has 1 aromatic rings. The van der Waals surface area contributed by atoms with Crippen molar-refractivity contribution in [2.45, 2.75) is 32.9 Å². The molecule has 0 amide bonds. The van der Waals surface area contributed by atoms with E-state index in [0.29, 0.717) is 19.0 Å². The second-order valence-electron chi connectivity index (χ2n) is 5.22. The molecule has 0 aliphatic rings. The number of aliphatic hydroxyl groups excluding tert-OH is 1. The number of methoxy groups -OCH3 is 1. The average Bonchev–Trinajstić information content (AvgIpc) is 2.56. The molecule has 0 aromatic heterocycles. The fraction of sp³-hybridized carbons (Fsp3) is 0.588. The number of ether oxygens (including phenoxy) is 2. The highest BCUT2D eigenvalue weighted by atomic mass is 16.5. The van der Waals surface area contributed by atoms with Gasteiger partial charge in [0.25, 0.3) is 0 Å². The van der Waals surface area contributed by atoms with Gasteiger partial charge in [-0.3, -0.25) is 0 Å². The minimum atomic E-state index is -0.425. The second-order valence-corrected chi connectivity index (χ2v) is 5.22. The number of hydrogen-bond donors (Lipinski definition) is 3. The van der Waals surface area contributed by atoms with Crippen LogP contribution >= 0.6 is 0 Å². The maximum absolute atomic E-state index is 9.41. The van der Waals surface area contributed by atoms with Crippen molar-refractivity contribution < 1.29 is 14.6 Å². The summed E-state index contributed by atoms with van der Waals surface area (Å²) < 4.78 is 10.5. The van der Waals surface area contributed by atoms with Gasteiger partial charge in [0.2, 0.25) is 0 Å². The first-order valence-corrected chi connectivity index (χ1v) is 8.06. The lowest BCUT2D eigenvalue weighted by molar-refractivity contribution is 0.145. The van der Waals surface area contributed by atoms with Crippen LogP contribution in [0.4, 0.5) is 0 Å². The summed E-state index contributed by atoms with van der Waals surface area (Å²) in [6.07, 6.45) is 0.484. The highest BCUT2D eigenvalue weighted by molar-refractivity contribution is 5.79. The Bertz CT molecular complexity index is 447. The molecule has 0 aliphatic carbocycles. The minimum Gasteiger partial charge on any atom is -0.497 e. The summed E-state index contributed by atoms with van der Waals surface area (Å²) >= 11 is 0. The first-order chi connectivity index (χ1) is 11.2. The van der Waals surface area contributed by atoms with Crippen LogP contribution in [0.15, 0.2) is 29.3 Å². The van der Waals surface area contributed by atoms with Crippen molar-refractivity contribution >= 4 is 5.96 Å². The summed E-state index contributed by atoms with van der Waals surface area (Å²) in [7, 11) is 1.65. The lowest BCUT2D eigenvalue weighted by atomic mass is 10.2. The van der Waals surface area contributed by atoms with Gasteiger partial charge in [-0.15, -0.1) is 0 Å². The normalized spacial score (nSPS) is 12.8. The van der Waals surface area contributed by atoms with Crippen LogP contribution in [0.1, 0.15) is 25.8 Å². The van der Waals surface area contributed by atoms with Crippen LogP contribution in [0.3, 0.4) is 0 Å². The molecule has 1 rings (SSSR count). The van der Waals surface area contributed by atoms with E-state index in [0.717, 1.165) is 37.5 Å². The van der Waals surface area contributed by atoms with Crippen molar-refractivity contribution in [3.63, 3.8) is 0 Å². The van der Waals surface area contributed by atoms with E-state index in [4.69, 9.17) is 9.47 Å². The number of nitrogens with zero attached hydrogens (tertiary/aromatic N) is 1. The smallest absolute Gasteiger partial charge is 0.191 e. The van der Waals surface area contributed by atoms with Crippen molar-refractivity contribution in [1.29, 1.82) is 0 Å². The molecular formula is C17H29N3O3. The quantitative estimate of drug-likeness (QED) is 0.346. The molecule has 0 heterocycles. The molecule has 130 valence electrons. The first-order valence-electron chi connectivity index (χ1n) is 8.06. The van der Waals surface area contributed by atoms with E-state index in [1.54, 1.807) is 14.0 Å². The van der Waals surface area contributed by atoms with Gasteiger partial charge >= 0.3 is 0 Å². The van der Waals surface area contributed by atoms with E-state index in [-0.39, 0.29) is 0 Å². The van der Waals surface area contributed by atoms with Gasteiger partial charge in [-0.25, -0.2) is 4.99 Å². The number of rotatable bonds is 10. The van der Waals surface area contributed by atoms with E-state index in [2.05, 4.69) is 15.6 Å². The zero-order chi connectivity index (χ0) is 16.9. The van der Waals surface area contributed by atoms with Crippen LogP contribution < -0.4 is 15.4 Å². The molecular weight excluding hydrogens is 294 g/mol. The molecule has 0 fully saturated rings. The Hall–Kier alpha value is -1.79. The fourth-order valence-corrected chi connectivity index (χ4v) is 1.85. The molecule has 0 radical (unpaired) electrons. The van der Waals surface area contributed by atoms with Gasteiger partial charge in [0.15, 0.2) is 5.96 Å². The molecule has 0 saturated carbocycles. The van der Waals surface area contributed by atoms with Crippen LogP contribution in [-0.2, 0) is 11.3 Å². The van der Waals surface area contributed by atoms with Crippen molar-refractivity contribution in [1.82, 2.24) is 10.6 Å². The summed E-state index contributed by atoms with van der Waals surface area (Å²) in [5.41, 5.74) is 1.10. The number of aliphatic imine (C=N–C) groups is 1. The van der Waals surface area contributed by atoms with Crippen molar-refractivity contribution in [3.8, 4) is 5.75 Å². The van der Waals surface area contributed by atoms with Gasteiger partial charge in [0, 0.05) is 26.3 Å². The number of benzene rings is 1. The second kappa shape index (κ2) is 11.7. The van der Waals surface area contributed by atoms with Gasteiger partial charge in [0.1, 0.15) is 5.75 Å². The Morgan fingerprint density at radius 1 is 1.26 bits per heavy atom. The Balaban J connectivity index is 2.50. The SMILES string of the molecule is CCOCCCNC(=NCc1ccc(OC)cc1)NCC(C)O. The molecule has 3 N–H and O–H groups in total. The van der Waals surface area contributed by atoms with Crippen LogP contribution in [0.25, 0.3) is 0 Å². The number of hydrogen-bond acceptors (Lipinski definition) is 4. The van der Waals surface area contributed by atoms with E-state index >= 15 is 0 Å². The Morgan fingerprint density at radius 3 is 2.61 bits per heavy atom. The average molecular weight is 323 g/mol. The van der Waals surface area contributed by atoms with E-state index in [9.17, 15) is 5.11 Å². The zero-order valence-electron chi connectivity index (χ0n) is 14.3. The molecule has 1 aromatic carbocycles. The molecule has 23 heavy (non-hydrogen) atoms. The minimum absolute atomic E-state index is 0.425. The third kappa shape index (κ3) is 9.05. The maximum atomic E-state index is 9.41. The molecule has 6 heteroatoms. The predicted molar refractivity (Wildman–Crippen MR) is 92.9 cm³/mol. The molecule has 0 saturated heterocycles.